The molecule has 198 valence electrons. The Kier molecular flexibility index (Phi) is 10.4. The number of anilines is 3. The molecule has 1 aliphatic heterocycles. The third-order valence-electron chi connectivity index (χ3n) is 6.68. The van der Waals surface area contributed by atoms with E-state index in [2.05, 4.69) is 33.8 Å². The number of nitrogens with one attached hydrogen (secondary N) is 2. The smallest absolute Gasteiger partial charge is 0.321 e. The zero-order valence-electron chi connectivity index (χ0n) is 22.2. The normalized spacial score (nSPS) is 15.1. The van der Waals surface area contributed by atoms with Gasteiger partial charge in [0.05, 0.1) is 23.4 Å². The Morgan fingerprint density at radius 2 is 2.08 bits per heavy atom. The van der Waals surface area contributed by atoms with E-state index in [1.165, 1.54) is 0 Å². The van der Waals surface area contributed by atoms with Gasteiger partial charge in [0.15, 0.2) is 0 Å². The average Bonchev–Trinajstić information content (AvgIpc) is 2.93. The van der Waals surface area contributed by atoms with Crippen molar-refractivity contribution < 1.29 is 9.90 Å². The molecule has 1 unspecified atom stereocenters. The van der Waals surface area contributed by atoms with Gasteiger partial charge in [-0.1, -0.05) is 43.5 Å². The third-order valence-corrected chi connectivity index (χ3v) is 6.68. The molecule has 2 aromatic rings. The van der Waals surface area contributed by atoms with Gasteiger partial charge in [-0.15, -0.1) is 0 Å². The number of nitrogens with zero attached hydrogens (tertiary/aromatic N) is 4. The second-order valence-electron chi connectivity index (χ2n) is 9.48. The van der Waals surface area contributed by atoms with E-state index in [0.717, 1.165) is 41.8 Å². The topological polar surface area (TPSA) is 114 Å². The first-order chi connectivity index (χ1) is 18.3. The molecular weight excluding hydrogens is 476 g/mol. The lowest BCUT2D eigenvalue weighted by Gasteiger charge is -2.32. The van der Waals surface area contributed by atoms with Crippen LogP contribution in [0.15, 0.2) is 73.5 Å². The number of rotatable bonds is 10. The molecular formula is C30H36N6O2. The molecule has 1 aromatic carbocycles. The summed E-state index contributed by atoms with van der Waals surface area (Å²) in [5.41, 5.74) is 4.51. The highest BCUT2D eigenvalue weighted by Crippen LogP contribution is 2.26. The number of carbonyl (C=O) groups is 1. The van der Waals surface area contributed by atoms with Crippen molar-refractivity contribution in [2.45, 2.75) is 45.6 Å². The first kappa shape index (κ1) is 28.4. The van der Waals surface area contributed by atoms with Gasteiger partial charge in [-0.25, -0.2) is 14.8 Å². The molecule has 8 nitrogen and oxygen atoms in total. The van der Waals surface area contributed by atoms with Crippen molar-refractivity contribution in [1.82, 2.24) is 14.9 Å². The second kappa shape index (κ2) is 13.9. The second-order valence-corrected chi connectivity index (χ2v) is 9.48. The van der Waals surface area contributed by atoms with E-state index in [4.69, 9.17) is 5.26 Å². The van der Waals surface area contributed by atoms with E-state index >= 15 is 0 Å². The number of hydrogen-bond donors (Lipinski definition) is 3. The van der Waals surface area contributed by atoms with E-state index < -0.39 is 6.10 Å². The quantitative estimate of drug-likeness (QED) is 0.260. The maximum absolute atomic E-state index is 12.9. The molecule has 8 heteroatoms. The van der Waals surface area contributed by atoms with Crippen molar-refractivity contribution in [3.8, 4) is 6.07 Å². The number of allylic oxidation sites excluding steroid dienone is 5. The Bertz CT molecular complexity index is 1250. The van der Waals surface area contributed by atoms with Gasteiger partial charge in [-0.2, -0.15) is 5.26 Å². The number of hydrogen-bond acceptors (Lipinski definition) is 6. The molecule has 2 heterocycles. The summed E-state index contributed by atoms with van der Waals surface area (Å²) in [6.45, 7) is 12.5. The Labute approximate surface area is 225 Å². The van der Waals surface area contributed by atoms with E-state index in [0.29, 0.717) is 37.1 Å². The van der Waals surface area contributed by atoms with Gasteiger partial charge in [-0.05, 0) is 74.8 Å². The Morgan fingerprint density at radius 1 is 1.32 bits per heavy atom. The van der Waals surface area contributed by atoms with Crippen molar-refractivity contribution in [2.75, 3.05) is 23.7 Å². The maximum atomic E-state index is 12.9. The number of aliphatic hydroxyl groups excluding tert-OH is 1. The monoisotopic (exact) mass is 512 g/mol. The van der Waals surface area contributed by atoms with Crippen LogP contribution < -0.4 is 10.6 Å². The molecule has 0 radical (unpaired) electrons. The van der Waals surface area contributed by atoms with Crippen LogP contribution in [-0.4, -0.2) is 45.2 Å². The summed E-state index contributed by atoms with van der Waals surface area (Å²) < 4.78 is 0. The highest BCUT2D eigenvalue weighted by Gasteiger charge is 2.24. The predicted octanol–water partition coefficient (Wildman–Crippen LogP) is 6.14. The zero-order valence-corrected chi connectivity index (χ0v) is 22.2. The molecule has 0 saturated carbocycles. The summed E-state index contributed by atoms with van der Waals surface area (Å²) in [4.78, 5) is 23.7. The Morgan fingerprint density at radius 3 is 2.79 bits per heavy atom. The molecule has 0 bridgehead atoms. The van der Waals surface area contributed by atoms with Crippen LogP contribution in [0.4, 0.5) is 22.1 Å². The zero-order chi connectivity index (χ0) is 27.5. The SMILES string of the molecule is C=CC=CC=C(C)c1ccnc(Nc2cc(NC(=O)N3CCC(CCC(O)C(=C)C#N)CC3)ccc2C)n1. The number of likely N-dealkylation sites (tertiary alicyclic amines) is 1. The highest BCUT2D eigenvalue weighted by molar-refractivity contribution is 5.90. The van der Waals surface area contributed by atoms with Gasteiger partial charge in [0.1, 0.15) is 0 Å². The summed E-state index contributed by atoms with van der Waals surface area (Å²) in [5, 5.41) is 25.1. The van der Waals surface area contributed by atoms with Gasteiger partial charge in [0.2, 0.25) is 5.95 Å². The predicted molar refractivity (Wildman–Crippen MR) is 153 cm³/mol. The lowest BCUT2D eigenvalue weighted by molar-refractivity contribution is 0.160. The number of nitriles is 1. The van der Waals surface area contributed by atoms with Crippen LogP contribution in [0.5, 0.6) is 0 Å². The van der Waals surface area contributed by atoms with Gasteiger partial charge in [-0.3, -0.25) is 0 Å². The van der Waals surface area contributed by atoms with E-state index in [-0.39, 0.29) is 11.6 Å². The van der Waals surface area contributed by atoms with Crippen LogP contribution in [0, 0.1) is 24.2 Å². The fourth-order valence-electron chi connectivity index (χ4n) is 4.23. The third kappa shape index (κ3) is 8.15. The summed E-state index contributed by atoms with van der Waals surface area (Å²) in [6.07, 6.45) is 11.5. The number of carbonyl (C=O) groups excluding carboxylic acids is 1. The summed E-state index contributed by atoms with van der Waals surface area (Å²) in [5.74, 6) is 0.891. The molecule has 0 aliphatic carbocycles. The van der Waals surface area contributed by atoms with E-state index in [1.807, 2.05) is 67.3 Å². The van der Waals surface area contributed by atoms with Gasteiger partial charge >= 0.3 is 6.03 Å². The first-order valence-corrected chi connectivity index (χ1v) is 12.8. The highest BCUT2D eigenvalue weighted by atomic mass is 16.3. The minimum atomic E-state index is -0.779. The molecule has 2 amide bonds. The summed E-state index contributed by atoms with van der Waals surface area (Å²) in [6, 6.07) is 9.34. The van der Waals surface area contributed by atoms with Gasteiger partial charge in [0.25, 0.3) is 0 Å². The van der Waals surface area contributed by atoms with Crippen LogP contribution in [0.25, 0.3) is 5.57 Å². The van der Waals surface area contributed by atoms with E-state index in [9.17, 15) is 9.90 Å². The lowest BCUT2D eigenvalue weighted by atomic mass is 9.90. The Hall–Kier alpha value is -4.22. The number of aryl methyl sites for hydroxylation is 1. The van der Waals surface area contributed by atoms with Crippen molar-refractivity contribution in [3.63, 3.8) is 0 Å². The lowest BCUT2D eigenvalue weighted by Crippen LogP contribution is -2.41. The number of aromatic nitrogens is 2. The van der Waals surface area contributed by atoms with Crippen LogP contribution in [0.3, 0.4) is 0 Å². The van der Waals surface area contributed by atoms with E-state index in [1.54, 1.807) is 12.3 Å². The van der Waals surface area contributed by atoms with Crippen LogP contribution in [0.1, 0.15) is 43.9 Å². The van der Waals surface area contributed by atoms with Crippen molar-refractivity contribution >= 4 is 28.9 Å². The molecule has 1 fully saturated rings. The fourth-order valence-corrected chi connectivity index (χ4v) is 4.23. The molecule has 1 aromatic heterocycles. The molecule has 1 aliphatic rings. The first-order valence-electron chi connectivity index (χ1n) is 12.8. The van der Waals surface area contributed by atoms with Crippen molar-refractivity contribution in [3.05, 3.63) is 84.8 Å². The standard InChI is InChI=1S/C30H36N6O2/c1-5-6-7-8-21(2)26-13-16-32-29(34-26)35-27-19-25(11-9-22(27)3)33-30(38)36-17-14-24(15-18-36)10-12-28(37)23(4)20-31/h5-9,11,13,16,19,24,28,37H,1,4,10,12,14-15,17-18H2,2-3H3,(H,33,38)(H,32,34,35). The van der Waals surface area contributed by atoms with Crippen LogP contribution >= 0.6 is 0 Å². The van der Waals surface area contributed by atoms with Crippen LogP contribution in [0.2, 0.25) is 0 Å². The minimum absolute atomic E-state index is 0.136. The summed E-state index contributed by atoms with van der Waals surface area (Å²) >= 11 is 0. The minimum Gasteiger partial charge on any atom is -0.388 e. The number of benzene rings is 1. The number of piperidine rings is 1. The van der Waals surface area contributed by atoms with Gasteiger partial charge < -0.3 is 20.6 Å². The molecule has 38 heavy (non-hydrogen) atoms. The Balaban J connectivity index is 1.57. The van der Waals surface area contributed by atoms with Crippen molar-refractivity contribution in [1.29, 1.82) is 5.26 Å². The molecule has 1 saturated heterocycles. The number of amides is 2. The van der Waals surface area contributed by atoms with Gasteiger partial charge in [0, 0.05) is 30.7 Å². The fraction of sp³-hybridized carbons (Fsp3) is 0.333. The van der Waals surface area contributed by atoms with Crippen LogP contribution in [-0.2, 0) is 0 Å². The van der Waals surface area contributed by atoms with Crippen molar-refractivity contribution in [2.24, 2.45) is 5.92 Å². The molecule has 3 rings (SSSR count). The maximum Gasteiger partial charge on any atom is 0.321 e. The average molecular weight is 513 g/mol. The largest absolute Gasteiger partial charge is 0.388 e. The molecule has 0 spiro atoms. The summed E-state index contributed by atoms with van der Waals surface area (Å²) in [7, 11) is 0. The number of aliphatic hydroxyl groups is 1. The number of urea groups is 1. The molecule has 3 N–H and O–H groups in total. The molecule has 1 atom stereocenters.